The zero-order valence-corrected chi connectivity index (χ0v) is 7.48. The largest absolute Gasteiger partial charge is 0.481 e. The molecule has 0 aromatic carbocycles. The summed E-state index contributed by atoms with van der Waals surface area (Å²) in [6.45, 7) is 1.24. The number of aliphatic carboxylic acids is 2. The van der Waals surface area contributed by atoms with Crippen molar-refractivity contribution in [2.75, 3.05) is 0 Å². The first kappa shape index (κ1) is 10.5. The number of rotatable bonds is 6. The third-order valence-electron chi connectivity index (χ3n) is 1.42. The molecule has 14 heavy (non-hydrogen) atoms. The quantitative estimate of drug-likeness (QED) is 0.412. The lowest BCUT2D eigenvalue weighted by atomic mass is 10.2. The highest BCUT2D eigenvalue weighted by Crippen LogP contribution is 1.90. The van der Waals surface area contributed by atoms with Crippen molar-refractivity contribution in [3.05, 3.63) is 0 Å². The van der Waals surface area contributed by atoms with E-state index in [2.05, 4.69) is 5.32 Å². The molecule has 0 aromatic heterocycles. The highest BCUT2D eigenvalue weighted by molar-refractivity contribution is 5.89. The van der Waals surface area contributed by atoms with Crippen LogP contribution in [0.2, 0.25) is 1.41 Å². The Balaban J connectivity index is 4.27. The van der Waals surface area contributed by atoms with Crippen molar-refractivity contribution in [1.82, 2.24) is 5.32 Å². The van der Waals surface area contributed by atoms with Crippen LogP contribution in [0.5, 0.6) is 0 Å². The molecule has 0 rings (SSSR count). The van der Waals surface area contributed by atoms with Gasteiger partial charge in [-0.1, -0.05) is 0 Å². The van der Waals surface area contributed by atoms with E-state index in [1.165, 1.54) is 6.92 Å². The summed E-state index contributed by atoms with van der Waals surface area (Å²) in [5.74, 6) is -3.32. The Morgan fingerprint density at radius 3 is 2.43 bits per heavy atom. The molecule has 0 radical (unpaired) electrons. The van der Waals surface area contributed by atoms with Crippen LogP contribution < -0.4 is 11.0 Å². The van der Waals surface area contributed by atoms with Gasteiger partial charge in [0.25, 0.3) is 0 Å². The summed E-state index contributed by atoms with van der Waals surface area (Å²) in [4.78, 5) is 31.8. The molecule has 7 heteroatoms. The molecule has 0 aliphatic carbocycles. The number of hydrogen-bond acceptors (Lipinski definition) is 4. The molecule has 0 aliphatic heterocycles. The second kappa shape index (κ2) is 5.18. The lowest BCUT2D eigenvalue weighted by molar-refractivity contribution is -0.142. The maximum absolute atomic E-state index is 11.2. The molecular formula is C7H12N2O5. The van der Waals surface area contributed by atoms with E-state index in [-0.39, 0.29) is 0 Å². The van der Waals surface area contributed by atoms with E-state index in [1.807, 2.05) is 0 Å². The van der Waals surface area contributed by atoms with E-state index in [9.17, 15) is 14.4 Å². The molecule has 0 fully saturated rings. The van der Waals surface area contributed by atoms with Gasteiger partial charge in [0.1, 0.15) is 7.45 Å². The number of nitrogens with one attached hydrogen (secondary N) is 1. The van der Waals surface area contributed by atoms with Crippen LogP contribution in [0.1, 0.15) is 13.3 Å². The fourth-order valence-corrected chi connectivity index (χ4v) is 0.643. The number of carbonyl (C=O) groups is 3. The highest BCUT2D eigenvalue weighted by Gasteiger charge is 2.21. The van der Waals surface area contributed by atoms with Gasteiger partial charge in [0.05, 0.1) is 12.5 Å². The van der Waals surface area contributed by atoms with Crippen LogP contribution in [-0.2, 0) is 14.4 Å². The summed E-state index contributed by atoms with van der Waals surface area (Å²) < 4.78 is 6.71. The summed E-state index contributed by atoms with van der Waals surface area (Å²) in [6.07, 6.45) is -0.582. The molecule has 0 unspecified atom stereocenters. The molecule has 0 bridgehead atoms. The van der Waals surface area contributed by atoms with Gasteiger partial charge in [-0.2, -0.15) is 0 Å². The lowest BCUT2D eigenvalue weighted by Gasteiger charge is -2.12. The molecule has 0 heterocycles. The predicted molar refractivity (Wildman–Crippen MR) is 45.5 cm³/mol. The summed E-state index contributed by atoms with van der Waals surface area (Å²) >= 11 is 0. The van der Waals surface area contributed by atoms with Gasteiger partial charge in [-0.3, -0.25) is 14.4 Å². The average molecular weight is 205 g/mol. The zero-order valence-electron chi connectivity index (χ0n) is 8.48. The van der Waals surface area contributed by atoms with Crippen molar-refractivity contribution in [2.24, 2.45) is 5.73 Å². The van der Waals surface area contributed by atoms with Crippen molar-refractivity contribution >= 4 is 17.8 Å². The molecule has 7 nitrogen and oxygen atoms in total. The van der Waals surface area contributed by atoms with Gasteiger partial charge in [-0.15, -0.1) is 0 Å². The molecular weight excluding hydrogens is 192 g/mol. The molecule has 0 aromatic rings. The number of carboxylic acid groups (broad SMARTS) is 2. The number of hydrogen-bond donors (Lipinski definition) is 4. The standard InChI is InChI=1S/C7H12N2O5/c1-3(7(13)14)9-6(12)4(8)2-5(10)11/h3-4H,2,8H2,1H3,(H,9,12)(H,10,11)(H,13,14)/t3-,4-/m0/s1/i/hD. The molecule has 0 aliphatic rings. The van der Waals surface area contributed by atoms with Crippen molar-refractivity contribution in [3.8, 4) is 0 Å². The minimum Gasteiger partial charge on any atom is -0.481 e. The van der Waals surface area contributed by atoms with Crippen molar-refractivity contribution < 1.29 is 26.0 Å². The van der Waals surface area contributed by atoms with Gasteiger partial charge < -0.3 is 21.3 Å². The predicted octanol–water partition coefficient (Wildman–Crippen LogP) is -1.62. The molecule has 5 N–H and O–H groups in total. The van der Waals surface area contributed by atoms with Gasteiger partial charge in [-0.25, -0.2) is 0 Å². The molecule has 0 saturated carbocycles. The number of nitrogens with two attached hydrogens (primary N) is 1. The van der Waals surface area contributed by atoms with Gasteiger partial charge in [0.2, 0.25) is 5.91 Å². The minimum atomic E-state index is -1.26. The number of carbonyl (C=O) groups excluding carboxylic acids is 1. The first-order chi connectivity index (χ1) is 6.88. The third-order valence-corrected chi connectivity index (χ3v) is 1.42. The second-order valence-electron chi connectivity index (χ2n) is 2.72. The van der Waals surface area contributed by atoms with Crippen LogP contribution in [0.3, 0.4) is 0 Å². The zero-order chi connectivity index (χ0) is 12.0. The van der Waals surface area contributed by atoms with Gasteiger partial charge in [0.15, 0.2) is 0 Å². The summed E-state index contributed by atoms with van der Waals surface area (Å²) in [6, 6.07) is -2.38. The van der Waals surface area contributed by atoms with Crippen LogP contribution in [-0.4, -0.2) is 40.1 Å². The third kappa shape index (κ3) is 4.41. The van der Waals surface area contributed by atoms with Crippen LogP contribution in [0, 0.1) is 0 Å². The van der Waals surface area contributed by atoms with Crippen molar-refractivity contribution in [3.63, 3.8) is 0 Å². The van der Waals surface area contributed by atoms with Crippen LogP contribution in [0.25, 0.3) is 0 Å². The van der Waals surface area contributed by atoms with Crippen molar-refractivity contribution in [2.45, 2.75) is 25.4 Å². The Morgan fingerprint density at radius 1 is 1.50 bits per heavy atom. The minimum absolute atomic E-state index is 0.582. The highest BCUT2D eigenvalue weighted by atomic mass is 16.4. The van der Waals surface area contributed by atoms with Crippen molar-refractivity contribution in [1.29, 1.82) is 0 Å². The normalized spacial score (nSPS) is 15.1. The van der Waals surface area contributed by atoms with Gasteiger partial charge in [-0.05, 0) is 6.92 Å². The lowest BCUT2D eigenvalue weighted by Crippen LogP contribution is -2.47. The van der Waals surface area contributed by atoms with Gasteiger partial charge in [0, 0.05) is 0 Å². The number of amides is 1. The summed E-state index contributed by atoms with van der Waals surface area (Å²) in [5.41, 5.74) is 1.74. The van der Waals surface area contributed by atoms with E-state index in [1.54, 1.807) is 5.73 Å². The Bertz CT molecular complexity index is 270. The van der Waals surface area contributed by atoms with Crippen LogP contribution in [0.15, 0.2) is 0 Å². The number of carboxylic acids is 2. The molecule has 0 saturated heterocycles. The fraction of sp³-hybridized carbons (Fsp3) is 0.571. The summed E-state index contributed by atoms with van der Waals surface area (Å²) in [7, 11) is 0. The van der Waals surface area contributed by atoms with E-state index >= 15 is 0 Å². The summed E-state index contributed by atoms with van der Waals surface area (Å²) in [5, 5.41) is 18.9. The fourth-order valence-electron chi connectivity index (χ4n) is 0.643. The maximum Gasteiger partial charge on any atom is 0.325 e. The van der Waals surface area contributed by atoms with Crippen LogP contribution >= 0.6 is 0 Å². The Hall–Kier alpha value is -1.63. The van der Waals surface area contributed by atoms with Crippen LogP contribution in [0.4, 0.5) is 0 Å². The van der Waals surface area contributed by atoms with E-state index in [0.717, 1.165) is 0 Å². The Kier molecular flexibility index (Phi) is 3.86. The molecule has 0 spiro atoms. The van der Waals surface area contributed by atoms with Gasteiger partial charge >= 0.3 is 11.9 Å². The Morgan fingerprint density at radius 2 is 2.07 bits per heavy atom. The maximum atomic E-state index is 11.2. The molecule has 80 valence electrons. The first-order valence-electron chi connectivity index (χ1n) is 4.30. The second-order valence-corrected chi connectivity index (χ2v) is 2.72. The smallest absolute Gasteiger partial charge is 0.325 e. The molecule has 1 amide bonds. The first-order valence-corrected chi connectivity index (χ1v) is 3.80. The molecule has 2 atom stereocenters. The monoisotopic (exact) mass is 205 g/mol. The topological polar surface area (TPSA) is 130 Å². The average Bonchev–Trinajstić information content (AvgIpc) is 2.13. The Labute approximate surface area is 81.4 Å². The SMILES string of the molecule is [2H]N[C@@H](CC(=O)O)C(=O)N[C@@H](C)C(=O)O. The van der Waals surface area contributed by atoms with E-state index in [0.29, 0.717) is 0 Å². The van der Waals surface area contributed by atoms with E-state index < -0.39 is 36.4 Å². The van der Waals surface area contributed by atoms with E-state index in [4.69, 9.17) is 11.6 Å².